The first-order valence-electron chi connectivity index (χ1n) is 7.29. The van der Waals surface area contributed by atoms with E-state index >= 15 is 0 Å². The molecule has 0 bridgehead atoms. The van der Waals surface area contributed by atoms with Crippen molar-refractivity contribution in [2.24, 2.45) is 5.73 Å². The van der Waals surface area contributed by atoms with E-state index in [9.17, 15) is 22.0 Å². The Hall–Kier alpha value is -2.04. The van der Waals surface area contributed by atoms with Crippen molar-refractivity contribution in [3.8, 4) is 5.69 Å². The summed E-state index contributed by atoms with van der Waals surface area (Å²) in [6.45, 7) is -1.18. The van der Waals surface area contributed by atoms with Crippen LogP contribution in [0.4, 0.5) is 22.0 Å². The van der Waals surface area contributed by atoms with Gasteiger partial charge in [-0.1, -0.05) is 18.2 Å². The first-order valence-corrected chi connectivity index (χ1v) is 7.29. The minimum atomic E-state index is -4.79. The molecule has 25 heavy (non-hydrogen) atoms. The van der Waals surface area contributed by atoms with E-state index in [1.165, 1.54) is 0 Å². The van der Waals surface area contributed by atoms with E-state index in [-0.39, 0.29) is 13.1 Å². The standard InChI is InChI=1S/C15H17F5N4O/c1-23(8-7-21)15(19,20)25-10-11-9-24(12-5-3-2-4-6-12)22-13(11)14(16,17)18/h2-6,9H,7-8,10,21H2,1H3. The van der Waals surface area contributed by atoms with Crippen molar-refractivity contribution in [1.29, 1.82) is 0 Å². The Morgan fingerprint density at radius 2 is 1.80 bits per heavy atom. The van der Waals surface area contributed by atoms with Gasteiger partial charge in [-0.3, -0.25) is 0 Å². The number of hydrogen-bond acceptors (Lipinski definition) is 4. The molecule has 5 nitrogen and oxygen atoms in total. The first kappa shape index (κ1) is 19.3. The van der Waals surface area contributed by atoms with Crippen LogP contribution in [-0.2, 0) is 17.5 Å². The Labute approximate surface area is 140 Å². The zero-order chi connectivity index (χ0) is 18.7. The van der Waals surface area contributed by atoms with Crippen LogP contribution in [0.2, 0.25) is 0 Å². The Kier molecular flexibility index (Phi) is 5.76. The number of benzene rings is 1. The smallest absolute Gasteiger partial charge is 0.329 e. The summed E-state index contributed by atoms with van der Waals surface area (Å²) in [5.74, 6) is 0. The van der Waals surface area contributed by atoms with Gasteiger partial charge in [-0.2, -0.15) is 27.1 Å². The zero-order valence-corrected chi connectivity index (χ0v) is 13.3. The quantitative estimate of drug-likeness (QED) is 0.466. The second-order valence-electron chi connectivity index (χ2n) is 5.27. The molecule has 0 amide bonds. The molecule has 0 saturated heterocycles. The van der Waals surface area contributed by atoms with E-state index in [0.717, 1.165) is 17.9 Å². The lowest BCUT2D eigenvalue weighted by atomic mass is 10.2. The molecule has 1 aromatic carbocycles. The lowest BCUT2D eigenvalue weighted by molar-refractivity contribution is -0.326. The molecule has 0 aliphatic rings. The Morgan fingerprint density at radius 3 is 2.36 bits per heavy atom. The molecule has 0 aliphatic carbocycles. The largest absolute Gasteiger partial charge is 0.435 e. The summed E-state index contributed by atoms with van der Waals surface area (Å²) in [7, 11) is 1.06. The average molecular weight is 364 g/mol. The number of likely N-dealkylation sites (N-methyl/N-ethyl adjacent to an activating group) is 1. The molecule has 0 fully saturated rings. The molecular weight excluding hydrogens is 347 g/mol. The fourth-order valence-electron chi connectivity index (χ4n) is 2.07. The molecule has 0 saturated carbocycles. The molecule has 1 heterocycles. The van der Waals surface area contributed by atoms with Crippen molar-refractivity contribution in [2.75, 3.05) is 20.1 Å². The van der Waals surface area contributed by atoms with E-state index < -0.39 is 30.3 Å². The summed E-state index contributed by atoms with van der Waals surface area (Å²) in [4.78, 5) is 0.516. The third-order valence-electron chi connectivity index (χ3n) is 3.39. The molecule has 1 aromatic heterocycles. The molecule has 2 N–H and O–H groups in total. The molecule has 0 atom stereocenters. The highest BCUT2D eigenvalue weighted by atomic mass is 19.4. The molecular formula is C15H17F5N4O. The number of alkyl halides is 5. The van der Waals surface area contributed by atoms with Gasteiger partial charge in [0, 0.05) is 24.8 Å². The second kappa shape index (κ2) is 7.46. The first-order chi connectivity index (χ1) is 11.6. The average Bonchev–Trinajstić information content (AvgIpc) is 2.99. The van der Waals surface area contributed by atoms with Crippen LogP contribution in [-0.4, -0.2) is 41.1 Å². The summed E-state index contributed by atoms with van der Waals surface area (Å²) in [5, 5.41) is 3.47. The highest BCUT2D eigenvalue weighted by Crippen LogP contribution is 2.33. The van der Waals surface area contributed by atoms with Gasteiger partial charge in [0.15, 0.2) is 5.69 Å². The Morgan fingerprint density at radius 1 is 1.16 bits per heavy atom. The maximum atomic E-state index is 13.8. The summed E-state index contributed by atoms with van der Waals surface area (Å²) >= 11 is 0. The zero-order valence-electron chi connectivity index (χ0n) is 13.3. The van der Waals surface area contributed by atoms with Crippen LogP contribution in [0.25, 0.3) is 5.69 Å². The third kappa shape index (κ3) is 4.74. The van der Waals surface area contributed by atoms with Gasteiger partial charge in [0.05, 0.1) is 12.3 Å². The van der Waals surface area contributed by atoms with Gasteiger partial charge in [-0.15, -0.1) is 0 Å². The van der Waals surface area contributed by atoms with Gasteiger partial charge in [0.2, 0.25) is 0 Å². The van der Waals surface area contributed by atoms with Crippen LogP contribution in [0, 0.1) is 0 Å². The predicted octanol–water partition coefficient (Wildman–Crippen LogP) is 2.85. The lowest BCUT2D eigenvalue weighted by Gasteiger charge is -2.26. The van der Waals surface area contributed by atoms with Crippen LogP contribution >= 0.6 is 0 Å². The number of ether oxygens (including phenoxy) is 1. The number of rotatable bonds is 7. The van der Waals surface area contributed by atoms with Crippen LogP contribution < -0.4 is 5.73 Å². The van der Waals surface area contributed by atoms with Gasteiger partial charge < -0.3 is 10.5 Å². The van der Waals surface area contributed by atoms with Crippen LogP contribution in [0.1, 0.15) is 11.3 Å². The fourth-order valence-corrected chi connectivity index (χ4v) is 2.07. The molecule has 2 aromatic rings. The van der Waals surface area contributed by atoms with E-state index in [2.05, 4.69) is 9.84 Å². The van der Waals surface area contributed by atoms with E-state index in [1.807, 2.05) is 0 Å². The Balaban J connectivity index is 2.26. The summed E-state index contributed by atoms with van der Waals surface area (Å²) in [6, 6.07) is 8.02. The topological polar surface area (TPSA) is 56.3 Å². The van der Waals surface area contributed by atoms with Crippen LogP contribution in [0.15, 0.2) is 36.5 Å². The van der Waals surface area contributed by atoms with Gasteiger partial charge >= 0.3 is 12.4 Å². The number of nitrogens with two attached hydrogens (primary N) is 1. The number of para-hydroxylation sites is 1. The van der Waals surface area contributed by atoms with Crippen molar-refractivity contribution in [3.63, 3.8) is 0 Å². The second-order valence-corrected chi connectivity index (χ2v) is 5.27. The molecule has 138 valence electrons. The minimum Gasteiger partial charge on any atom is -0.329 e. The minimum absolute atomic E-state index is 0.0464. The van der Waals surface area contributed by atoms with Gasteiger partial charge in [0.1, 0.15) is 0 Å². The maximum absolute atomic E-state index is 13.8. The third-order valence-corrected chi connectivity index (χ3v) is 3.39. The summed E-state index contributed by atoms with van der Waals surface area (Å²) < 4.78 is 72.3. The van der Waals surface area contributed by atoms with Crippen molar-refractivity contribution < 1.29 is 26.7 Å². The molecule has 0 spiro atoms. The fraction of sp³-hybridized carbons (Fsp3) is 0.400. The van der Waals surface area contributed by atoms with E-state index in [4.69, 9.17) is 5.73 Å². The summed E-state index contributed by atoms with van der Waals surface area (Å²) in [6.07, 6.45) is -7.52. The number of hydrogen-bond donors (Lipinski definition) is 1. The highest BCUT2D eigenvalue weighted by Gasteiger charge is 2.40. The molecule has 0 aliphatic heterocycles. The van der Waals surface area contributed by atoms with Crippen molar-refractivity contribution in [3.05, 3.63) is 47.8 Å². The molecule has 0 radical (unpaired) electrons. The Bertz CT molecular complexity index is 687. The monoisotopic (exact) mass is 364 g/mol. The van der Waals surface area contributed by atoms with Crippen LogP contribution in [0.3, 0.4) is 0 Å². The highest BCUT2D eigenvalue weighted by molar-refractivity contribution is 5.33. The molecule has 10 heteroatoms. The number of halogens is 5. The van der Waals surface area contributed by atoms with E-state index in [1.54, 1.807) is 30.3 Å². The van der Waals surface area contributed by atoms with Crippen molar-refractivity contribution in [2.45, 2.75) is 19.0 Å². The SMILES string of the molecule is CN(CCN)C(F)(F)OCc1cn(-c2ccccc2)nc1C(F)(F)F. The van der Waals surface area contributed by atoms with Crippen molar-refractivity contribution >= 4 is 0 Å². The molecule has 0 unspecified atom stereocenters. The van der Waals surface area contributed by atoms with Crippen molar-refractivity contribution in [1.82, 2.24) is 14.7 Å². The van der Waals surface area contributed by atoms with Gasteiger partial charge in [0.25, 0.3) is 0 Å². The van der Waals surface area contributed by atoms with Gasteiger partial charge in [-0.05, 0) is 19.2 Å². The number of aromatic nitrogens is 2. The van der Waals surface area contributed by atoms with Crippen LogP contribution in [0.5, 0.6) is 0 Å². The lowest BCUT2D eigenvalue weighted by Crippen LogP contribution is -2.43. The van der Waals surface area contributed by atoms with E-state index in [0.29, 0.717) is 10.6 Å². The molecule has 2 rings (SSSR count). The summed E-state index contributed by atoms with van der Waals surface area (Å²) in [5.41, 5.74) is 3.80. The van der Waals surface area contributed by atoms with Gasteiger partial charge in [-0.25, -0.2) is 9.58 Å². The predicted molar refractivity (Wildman–Crippen MR) is 80.0 cm³/mol. The number of nitrogens with zero attached hydrogens (tertiary/aromatic N) is 3. The maximum Gasteiger partial charge on any atom is 0.435 e. The normalized spacial score (nSPS) is 12.8.